The number of benzene rings is 2. The van der Waals surface area contributed by atoms with Gasteiger partial charge in [-0.2, -0.15) is 4.31 Å². The monoisotopic (exact) mass is 578 g/mol. The normalized spacial score (nSPS) is 21.2. The molecule has 0 radical (unpaired) electrons. The molecule has 2 aliphatic heterocycles. The van der Waals surface area contributed by atoms with E-state index in [9.17, 15) is 22.4 Å². The van der Waals surface area contributed by atoms with Crippen LogP contribution in [0.5, 0.6) is 0 Å². The number of carbonyl (C=O) groups is 2. The molecule has 0 bridgehead atoms. The van der Waals surface area contributed by atoms with Gasteiger partial charge in [-0.3, -0.25) is 9.80 Å². The molecule has 2 aromatic carbocycles. The van der Waals surface area contributed by atoms with Gasteiger partial charge >= 0.3 is 12.0 Å². The number of hydrogen-bond donors (Lipinski definition) is 1. The van der Waals surface area contributed by atoms with Gasteiger partial charge in [0.1, 0.15) is 5.82 Å². The van der Waals surface area contributed by atoms with E-state index in [1.165, 1.54) is 45.6 Å². The summed E-state index contributed by atoms with van der Waals surface area (Å²) in [7, 11) is -3.73. The molecule has 12 heteroatoms. The van der Waals surface area contributed by atoms with Gasteiger partial charge in [-0.25, -0.2) is 22.4 Å². The molecule has 0 unspecified atom stereocenters. The van der Waals surface area contributed by atoms with Crippen LogP contribution >= 0.6 is 11.6 Å². The van der Waals surface area contributed by atoms with Gasteiger partial charge in [0.25, 0.3) is 0 Å². The molecule has 0 saturated carbocycles. The van der Waals surface area contributed by atoms with Crippen molar-refractivity contribution in [2.75, 3.05) is 39.3 Å². The molecule has 1 N–H and O–H groups in total. The highest BCUT2D eigenvalue weighted by Gasteiger charge is 2.40. The highest BCUT2D eigenvalue weighted by atomic mass is 35.5. The first kappa shape index (κ1) is 29.0. The summed E-state index contributed by atoms with van der Waals surface area (Å²) in [4.78, 5) is 30.1. The van der Waals surface area contributed by atoms with E-state index in [4.69, 9.17) is 16.3 Å². The lowest BCUT2D eigenvalue weighted by Gasteiger charge is -2.42. The minimum Gasteiger partial charge on any atom is -0.463 e. The van der Waals surface area contributed by atoms with Gasteiger partial charge in [-0.05, 0) is 62.7 Å². The molecule has 9 nitrogen and oxygen atoms in total. The molecule has 2 atom stereocenters. The molecule has 2 amide bonds. The number of ether oxygens (including phenoxy) is 1. The van der Waals surface area contributed by atoms with Crippen LogP contribution in [0.1, 0.15) is 32.4 Å². The van der Waals surface area contributed by atoms with Crippen LogP contribution in [0, 0.1) is 5.82 Å². The van der Waals surface area contributed by atoms with Crippen molar-refractivity contribution in [3.8, 4) is 0 Å². The average molecular weight is 579 g/mol. The number of halogens is 2. The SMILES string of the molecule is CCOC(=O)C1=C(CN2CCN(S(=O)(=O)c3ccc(Cl)cc3)[C@H](C)C2)N(CC)C(=O)N[C@H]1c1ccc(F)cc1. The van der Waals surface area contributed by atoms with Crippen molar-refractivity contribution in [3.05, 3.63) is 76.2 Å². The minimum absolute atomic E-state index is 0.143. The molecule has 4 rings (SSSR count). The zero-order chi connectivity index (χ0) is 28.3. The Bertz CT molecular complexity index is 1350. The highest BCUT2D eigenvalue weighted by Crippen LogP contribution is 2.33. The summed E-state index contributed by atoms with van der Waals surface area (Å²) >= 11 is 5.93. The van der Waals surface area contributed by atoms with Crippen molar-refractivity contribution in [2.24, 2.45) is 0 Å². The standard InChI is InChI=1S/C27H32ClFN4O5S/c1-4-32-23(24(26(34)38-5-2)25(30-27(32)35)19-6-10-21(29)11-7-19)17-31-14-15-33(18(3)16-31)39(36,37)22-12-8-20(28)9-13-22/h6-13,18,25H,4-5,14-17H2,1-3H3,(H,30,35)/t18-,25+/m1/s1. The van der Waals surface area contributed by atoms with Crippen LogP contribution in [0.2, 0.25) is 5.02 Å². The van der Waals surface area contributed by atoms with Crippen LogP contribution in [0.4, 0.5) is 9.18 Å². The predicted octanol–water partition coefficient (Wildman–Crippen LogP) is 3.78. The first-order valence-electron chi connectivity index (χ1n) is 12.8. The van der Waals surface area contributed by atoms with Crippen LogP contribution in [-0.4, -0.2) is 79.9 Å². The lowest BCUT2D eigenvalue weighted by atomic mass is 9.94. The number of urea groups is 1. The van der Waals surface area contributed by atoms with E-state index in [1.807, 2.05) is 11.8 Å². The van der Waals surface area contributed by atoms with E-state index in [2.05, 4.69) is 5.32 Å². The van der Waals surface area contributed by atoms with Gasteiger partial charge in [0.2, 0.25) is 10.0 Å². The van der Waals surface area contributed by atoms with Crippen LogP contribution < -0.4 is 5.32 Å². The molecule has 2 aromatic rings. The summed E-state index contributed by atoms with van der Waals surface area (Å²) in [5.41, 5.74) is 1.30. The fourth-order valence-corrected chi connectivity index (χ4v) is 6.77. The maximum Gasteiger partial charge on any atom is 0.338 e. The molecule has 39 heavy (non-hydrogen) atoms. The largest absolute Gasteiger partial charge is 0.463 e. The van der Waals surface area contributed by atoms with Crippen LogP contribution in [0.25, 0.3) is 0 Å². The number of esters is 1. The van der Waals surface area contributed by atoms with E-state index in [0.717, 1.165) is 0 Å². The third kappa shape index (κ3) is 6.11. The van der Waals surface area contributed by atoms with Crippen LogP contribution in [0.3, 0.4) is 0 Å². The summed E-state index contributed by atoms with van der Waals surface area (Å²) in [5.74, 6) is -1.00. The second-order valence-corrected chi connectivity index (χ2v) is 11.7. The molecule has 1 fully saturated rings. The lowest BCUT2D eigenvalue weighted by Crippen LogP contribution is -2.56. The number of piperazine rings is 1. The van der Waals surface area contributed by atoms with Crippen molar-refractivity contribution in [1.29, 1.82) is 0 Å². The van der Waals surface area contributed by atoms with E-state index < -0.39 is 27.9 Å². The van der Waals surface area contributed by atoms with Gasteiger partial charge in [0.05, 0.1) is 23.1 Å². The molecule has 2 aliphatic rings. The number of hydrogen-bond acceptors (Lipinski definition) is 6. The van der Waals surface area contributed by atoms with Crippen LogP contribution in [-0.2, 0) is 19.6 Å². The summed E-state index contributed by atoms with van der Waals surface area (Å²) in [5, 5.41) is 3.31. The fraction of sp³-hybridized carbons (Fsp3) is 0.407. The third-order valence-corrected chi connectivity index (χ3v) is 9.18. The topological polar surface area (TPSA) is 99.3 Å². The molecule has 1 saturated heterocycles. The molecule has 2 heterocycles. The van der Waals surface area contributed by atoms with Gasteiger partial charge in [0.15, 0.2) is 0 Å². The maximum absolute atomic E-state index is 13.6. The Labute approximate surface area is 233 Å². The lowest BCUT2D eigenvalue weighted by molar-refractivity contribution is -0.139. The minimum atomic E-state index is -3.73. The van der Waals surface area contributed by atoms with Crippen molar-refractivity contribution in [1.82, 2.24) is 19.4 Å². The van der Waals surface area contributed by atoms with E-state index in [-0.39, 0.29) is 42.2 Å². The summed E-state index contributed by atoms with van der Waals surface area (Å²) in [6, 6.07) is 10.1. The second kappa shape index (κ2) is 12.0. The van der Waals surface area contributed by atoms with Gasteiger partial charge in [-0.1, -0.05) is 23.7 Å². The Kier molecular flexibility index (Phi) is 8.95. The van der Waals surface area contributed by atoms with E-state index in [0.29, 0.717) is 35.9 Å². The first-order chi connectivity index (χ1) is 18.6. The first-order valence-corrected chi connectivity index (χ1v) is 14.6. The predicted molar refractivity (Wildman–Crippen MR) is 145 cm³/mol. The summed E-state index contributed by atoms with van der Waals surface area (Å²) in [6.45, 7) is 7.01. The van der Waals surface area contributed by atoms with Gasteiger partial charge < -0.3 is 10.1 Å². The highest BCUT2D eigenvalue weighted by molar-refractivity contribution is 7.89. The summed E-state index contributed by atoms with van der Waals surface area (Å²) in [6.07, 6.45) is 0. The zero-order valence-electron chi connectivity index (χ0n) is 22.1. The number of carbonyl (C=O) groups excluding carboxylic acids is 2. The smallest absolute Gasteiger partial charge is 0.338 e. The number of rotatable bonds is 8. The average Bonchev–Trinajstić information content (AvgIpc) is 2.89. The number of nitrogens with one attached hydrogen (secondary N) is 1. The molecular formula is C27H32ClFN4O5S. The second-order valence-electron chi connectivity index (χ2n) is 9.41. The number of sulfonamides is 1. The number of nitrogens with zero attached hydrogens (tertiary/aromatic N) is 3. The van der Waals surface area contributed by atoms with Crippen molar-refractivity contribution in [3.63, 3.8) is 0 Å². The quantitative estimate of drug-likeness (QED) is 0.479. The van der Waals surface area contributed by atoms with Gasteiger partial charge in [0, 0.05) is 49.5 Å². The number of amides is 2. The fourth-order valence-electron chi connectivity index (χ4n) is 5.03. The Morgan fingerprint density at radius 2 is 1.77 bits per heavy atom. The van der Waals surface area contributed by atoms with Crippen molar-refractivity contribution < 1.29 is 27.1 Å². The van der Waals surface area contributed by atoms with Crippen molar-refractivity contribution in [2.45, 2.75) is 37.8 Å². The maximum atomic E-state index is 13.6. The van der Waals surface area contributed by atoms with Gasteiger partial charge in [-0.15, -0.1) is 0 Å². The van der Waals surface area contributed by atoms with E-state index >= 15 is 0 Å². The molecule has 0 spiro atoms. The van der Waals surface area contributed by atoms with Crippen LogP contribution in [0.15, 0.2) is 64.7 Å². The Hall–Kier alpha value is -2.99. The van der Waals surface area contributed by atoms with Crippen molar-refractivity contribution >= 4 is 33.6 Å². The summed E-state index contributed by atoms with van der Waals surface area (Å²) < 4.78 is 47.0. The Morgan fingerprint density at radius 1 is 1.10 bits per heavy atom. The molecular weight excluding hydrogens is 547 g/mol. The zero-order valence-corrected chi connectivity index (χ0v) is 23.6. The Balaban J connectivity index is 1.64. The third-order valence-electron chi connectivity index (χ3n) is 6.90. The molecule has 210 valence electrons. The molecule has 0 aliphatic carbocycles. The van der Waals surface area contributed by atoms with E-state index in [1.54, 1.807) is 26.0 Å². The Morgan fingerprint density at radius 3 is 2.36 bits per heavy atom. The molecule has 0 aromatic heterocycles. The number of likely N-dealkylation sites (N-methyl/N-ethyl adjacent to an activating group) is 1.